The molecule has 0 unspecified atom stereocenters. The average Bonchev–Trinajstić information content (AvgIpc) is 2.90. The van der Waals surface area contributed by atoms with Crippen molar-refractivity contribution in [3.63, 3.8) is 0 Å². The largest absolute Gasteiger partial charge is 0.324 e. The number of nitrogens with one attached hydrogen (secondary N) is 1. The van der Waals surface area contributed by atoms with Crippen molar-refractivity contribution in [2.75, 3.05) is 5.32 Å². The Morgan fingerprint density at radius 1 is 1.24 bits per heavy atom. The van der Waals surface area contributed by atoms with Gasteiger partial charge in [0.15, 0.2) is 11.6 Å². The molecular formula is C13H8F2N2O3S. The van der Waals surface area contributed by atoms with Gasteiger partial charge in [-0.2, -0.15) is 0 Å². The molecule has 0 saturated carbocycles. The fourth-order valence-electron chi connectivity index (χ4n) is 1.45. The quantitative estimate of drug-likeness (QED) is 0.533. The van der Waals surface area contributed by atoms with E-state index in [0.717, 1.165) is 29.5 Å². The number of benzene rings is 1. The van der Waals surface area contributed by atoms with Crippen LogP contribution >= 0.6 is 11.3 Å². The third kappa shape index (κ3) is 3.93. The van der Waals surface area contributed by atoms with Gasteiger partial charge in [-0.1, -0.05) is 11.3 Å². The molecule has 1 heterocycles. The van der Waals surface area contributed by atoms with Gasteiger partial charge in [0.05, 0.1) is 4.92 Å². The highest BCUT2D eigenvalue weighted by atomic mass is 32.1. The van der Waals surface area contributed by atoms with Crippen molar-refractivity contribution in [3.05, 3.63) is 63.0 Å². The zero-order valence-electron chi connectivity index (χ0n) is 10.4. The van der Waals surface area contributed by atoms with E-state index in [1.165, 1.54) is 24.3 Å². The van der Waals surface area contributed by atoms with E-state index in [2.05, 4.69) is 5.32 Å². The van der Waals surface area contributed by atoms with Gasteiger partial charge in [0.2, 0.25) is 5.91 Å². The summed E-state index contributed by atoms with van der Waals surface area (Å²) in [4.78, 5) is 22.1. The highest BCUT2D eigenvalue weighted by Crippen LogP contribution is 2.24. The van der Waals surface area contributed by atoms with E-state index in [0.29, 0.717) is 4.88 Å². The summed E-state index contributed by atoms with van der Waals surface area (Å²) in [6, 6.07) is 5.82. The number of halogens is 2. The predicted octanol–water partition coefficient (Wildman–Crippen LogP) is 3.59. The van der Waals surface area contributed by atoms with Crippen molar-refractivity contribution in [2.45, 2.75) is 0 Å². The molecule has 0 aliphatic carbocycles. The molecule has 8 heteroatoms. The van der Waals surface area contributed by atoms with Gasteiger partial charge in [-0.15, -0.1) is 0 Å². The third-order valence-electron chi connectivity index (χ3n) is 2.38. The Balaban J connectivity index is 2.01. The van der Waals surface area contributed by atoms with Crippen molar-refractivity contribution in [1.29, 1.82) is 0 Å². The van der Waals surface area contributed by atoms with Crippen molar-refractivity contribution >= 4 is 34.0 Å². The number of nitrogens with zero attached hydrogens (tertiary/aromatic N) is 1. The maximum Gasteiger partial charge on any atom is 0.324 e. The number of carbonyl (C=O) groups is 1. The van der Waals surface area contributed by atoms with Gasteiger partial charge in [0.25, 0.3) is 0 Å². The Bertz CT molecular complexity index is 728. The molecule has 108 valence electrons. The standard InChI is InChI=1S/C13H8F2N2O3S/c14-10-4-1-8(7-11(10)15)16-12(18)5-2-9-3-6-13(21-9)17(19)20/h1-7H,(H,16,18)/b5-2+. The van der Waals surface area contributed by atoms with Crippen LogP contribution in [0.5, 0.6) is 0 Å². The molecule has 0 spiro atoms. The Kier molecular flexibility index (Phi) is 4.39. The number of carbonyl (C=O) groups excluding carboxylic acids is 1. The van der Waals surface area contributed by atoms with E-state index in [1.807, 2.05) is 0 Å². The Morgan fingerprint density at radius 3 is 2.62 bits per heavy atom. The molecule has 0 bridgehead atoms. The number of amides is 1. The number of anilines is 1. The van der Waals surface area contributed by atoms with Crippen molar-refractivity contribution in [2.24, 2.45) is 0 Å². The van der Waals surface area contributed by atoms with Gasteiger partial charge in [0.1, 0.15) is 0 Å². The lowest BCUT2D eigenvalue weighted by Gasteiger charge is -2.02. The second kappa shape index (κ2) is 6.23. The smallest absolute Gasteiger partial charge is 0.322 e. The summed E-state index contributed by atoms with van der Waals surface area (Å²) >= 11 is 0.918. The number of nitro groups is 1. The van der Waals surface area contributed by atoms with Crippen LogP contribution in [0.25, 0.3) is 6.08 Å². The first-order valence-corrected chi connectivity index (χ1v) is 6.45. The Hall–Kier alpha value is -2.61. The molecule has 0 aliphatic heterocycles. The number of hydrogen-bond acceptors (Lipinski definition) is 4. The van der Waals surface area contributed by atoms with E-state index in [4.69, 9.17) is 0 Å². The lowest BCUT2D eigenvalue weighted by atomic mass is 10.3. The summed E-state index contributed by atoms with van der Waals surface area (Å²) in [5, 5.41) is 12.8. The molecule has 2 rings (SSSR count). The van der Waals surface area contributed by atoms with Crippen LogP contribution in [-0.4, -0.2) is 10.8 Å². The van der Waals surface area contributed by atoms with Crippen LogP contribution in [0.4, 0.5) is 19.5 Å². The van der Waals surface area contributed by atoms with E-state index >= 15 is 0 Å². The maximum atomic E-state index is 13.0. The minimum absolute atomic E-state index is 0.0318. The van der Waals surface area contributed by atoms with Crippen LogP contribution in [-0.2, 0) is 4.79 Å². The zero-order chi connectivity index (χ0) is 15.4. The number of hydrogen-bond donors (Lipinski definition) is 1. The molecule has 1 N–H and O–H groups in total. The first kappa shape index (κ1) is 14.8. The van der Waals surface area contributed by atoms with E-state index in [-0.39, 0.29) is 10.7 Å². The SMILES string of the molecule is O=C(/C=C/c1ccc([N+](=O)[O-])s1)Nc1ccc(F)c(F)c1. The van der Waals surface area contributed by atoms with Gasteiger partial charge < -0.3 is 5.32 Å². The average molecular weight is 310 g/mol. The maximum absolute atomic E-state index is 13.0. The normalized spacial score (nSPS) is 10.8. The number of thiophene rings is 1. The van der Waals surface area contributed by atoms with Crippen LogP contribution in [0.3, 0.4) is 0 Å². The topological polar surface area (TPSA) is 72.2 Å². The summed E-state index contributed by atoms with van der Waals surface area (Å²) in [6.45, 7) is 0. The van der Waals surface area contributed by atoms with Crippen LogP contribution in [0.15, 0.2) is 36.4 Å². The monoisotopic (exact) mass is 310 g/mol. The summed E-state index contributed by atoms with van der Waals surface area (Å²) in [5.74, 6) is -2.63. The molecule has 0 radical (unpaired) electrons. The van der Waals surface area contributed by atoms with Gasteiger partial charge in [-0.25, -0.2) is 8.78 Å². The minimum Gasteiger partial charge on any atom is -0.322 e. The van der Waals surface area contributed by atoms with Crippen LogP contribution in [0.2, 0.25) is 0 Å². The summed E-state index contributed by atoms with van der Waals surface area (Å²) in [6.07, 6.45) is 2.55. The van der Waals surface area contributed by atoms with E-state index < -0.39 is 22.5 Å². The van der Waals surface area contributed by atoms with Crippen LogP contribution in [0, 0.1) is 21.7 Å². The molecule has 1 amide bonds. The van der Waals surface area contributed by atoms with Crippen molar-refractivity contribution < 1.29 is 18.5 Å². The van der Waals surface area contributed by atoms with Crippen LogP contribution in [0.1, 0.15) is 4.88 Å². The molecular weight excluding hydrogens is 302 g/mol. The van der Waals surface area contributed by atoms with Gasteiger partial charge in [0, 0.05) is 28.8 Å². The molecule has 21 heavy (non-hydrogen) atoms. The summed E-state index contributed by atoms with van der Waals surface area (Å²) in [7, 11) is 0. The minimum atomic E-state index is -1.06. The fourth-order valence-corrected chi connectivity index (χ4v) is 2.17. The zero-order valence-corrected chi connectivity index (χ0v) is 11.2. The highest BCUT2D eigenvalue weighted by Gasteiger charge is 2.08. The predicted molar refractivity (Wildman–Crippen MR) is 75.0 cm³/mol. The molecule has 2 aromatic rings. The molecule has 1 aromatic carbocycles. The highest BCUT2D eigenvalue weighted by molar-refractivity contribution is 7.16. The lowest BCUT2D eigenvalue weighted by molar-refractivity contribution is -0.380. The van der Waals surface area contributed by atoms with Gasteiger partial charge in [-0.3, -0.25) is 14.9 Å². The summed E-state index contributed by atoms with van der Waals surface area (Å²) < 4.78 is 25.7. The molecule has 0 fully saturated rings. The fraction of sp³-hybridized carbons (Fsp3) is 0. The molecule has 0 atom stereocenters. The van der Waals surface area contributed by atoms with E-state index in [1.54, 1.807) is 0 Å². The summed E-state index contributed by atoms with van der Waals surface area (Å²) in [5.41, 5.74) is 0.112. The molecule has 0 aliphatic rings. The van der Waals surface area contributed by atoms with Crippen LogP contribution < -0.4 is 5.32 Å². The lowest BCUT2D eigenvalue weighted by Crippen LogP contribution is -2.08. The first-order chi connectivity index (χ1) is 9.95. The molecule has 1 aromatic heterocycles. The molecule has 5 nitrogen and oxygen atoms in total. The van der Waals surface area contributed by atoms with Gasteiger partial charge >= 0.3 is 5.00 Å². The Morgan fingerprint density at radius 2 is 2.00 bits per heavy atom. The first-order valence-electron chi connectivity index (χ1n) is 5.64. The van der Waals surface area contributed by atoms with Gasteiger partial charge in [-0.05, 0) is 24.3 Å². The number of rotatable bonds is 4. The molecule has 0 saturated heterocycles. The Labute approximate surface area is 121 Å². The second-order valence-electron chi connectivity index (χ2n) is 3.88. The van der Waals surface area contributed by atoms with E-state index in [9.17, 15) is 23.7 Å². The second-order valence-corrected chi connectivity index (χ2v) is 4.98. The van der Waals surface area contributed by atoms with Crippen molar-refractivity contribution in [1.82, 2.24) is 0 Å². The third-order valence-corrected chi connectivity index (χ3v) is 3.38. The van der Waals surface area contributed by atoms with Crippen molar-refractivity contribution in [3.8, 4) is 0 Å².